The number of phenolic OH excluding ortho intramolecular Hbond substituents is 1. The highest BCUT2D eigenvalue weighted by atomic mass is 16.7. The molecule has 1 saturated heterocycles. The lowest BCUT2D eigenvalue weighted by molar-refractivity contribution is -0.277. The number of hydrogen-bond acceptors (Lipinski definition) is 10. The Kier molecular flexibility index (Phi) is 5.35. The van der Waals surface area contributed by atoms with Crippen LogP contribution in [0.4, 0.5) is 0 Å². The van der Waals surface area contributed by atoms with Crippen LogP contribution in [0.25, 0.3) is 21.9 Å². The van der Waals surface area contributed by atoms with Crippen LogP contribution in [0.5, 0.6) is 23.0 Å². The molecular weight excluding hydrogens is 400 g/mol. The molecule has 30 heavy (non-hydrogen) atoms. The highest BCUT2D eigenvalue weighted by molar-refractivity contribution is 6.11. The second-order valence-electron chi connectivity index (χ2n) is 6.89. The third kappa shape index (κ3) is 3.09. The van der Waals surface area contributed by atoms with E-state index in [1.54, 1.807) is 18.2 Å². The van der Waals surface area contributed by atoms with E-state index in [1.165, 1.54) is 20.3 Å². The Bertz CT molecular complexity index is 1060. The predicted molar refractivity (Wildman–Crippen MR) is 103 cm³/mol. The fraction of sp³-hybridized carbons (Fsp3) is 0.400. The summed E-state index contributed by atoms with van der Waals surface area (Å²) in [5.74, 6) is 0.313. The van der Waals surface area contributed by atoms with Crippen LogP contribution >= 0.6 is 0 Å². The molecule has 0 spiro atoms. The van der Waals surface area contributed by atoms with Crippen molar-refractivity contribution in [2.75, 3.05) is 20.8 Å². The first-order valence-electron chi connectivity index (χ1n) is 9.17. The number of benzene rings is 2. The molecule has 2 aromatic carbocycles. The molecule has 3 aromatic rings. The molecule has 0 aliphatic carbocycles. The molecule has 0 saturated carbocycles. The molecule has 5 unspecified atom stereocenters. The molecule has 0 radical (unpaired) electrons. The maximum Gasteiger partial charge on any atom is 0.229 e. The number of methoxy groups -OCH3 is 2. The van der Waals surface area contributed by atoms with E-state index in [4.69, 9.17) is 23.4 Å². The topological polar surface area (TPSA) is 151 Å². The van der Waals surface area contributed by atoms with Gasteiger partial charge in [-0.25, -0.2) is 0 Å². The fourth-order valence-corrected chi connectivity index (χ4v) is 3.60. The third-order valence-electron chi connectivity index (χ3n) is 5.15. The Morgan fingerprint density at radius 3 is 2.43 bits per heavy atom. The summed E-state index contributed by atoms with van der Waals surface area (Å²) >= 11 is 0. The van der Waals surface area contributed by atoms with Gasteiger partial charge in [-0.05, 0) is 18.2 Å². The normalized spacial score (nSPS) is 26.8. The van der Waals surface area contributed by atoms with E-state index in [0.29, 0.717) is 16.4 Å². The monoisotopic (exact) mass is 422 g/mol. The summed E-state index contributed by atoms with van der Waals surface area (Å²) in [5.41, 5.74) is 0.671. The molecule has 0 bridgehead atoms. The average molecular weight is 422 g/mol. The summed E-state index contributed by atoms with van der Waals surface area (Å²) in [7, 11) is 2.77. The number of ether oxygens (including phenoxy) is 4. The van der Waals surface area contributed by atoms with Gasteiger partial charge in [0.2, 0.25) is 17.8 Å². The molecule has 1 aliphatic rings. The van der Waals surface area contributed by atoms with Gasteiger partial charge in [-0.15, -0.1) is 0 Å². The Labute approximate surface area is 170 Å². The van der Waals surface area contributed by atoms with E-state index >= 15 is 0 Å². The lowest BCUT2D eigenvalue weighted by Crippen LogP contribution is -2.60. The molecule has 10 nitrogen and oxygen atoms in total. The van der Waals surface area contributed by atoms with Crippen molar-refractivity contribution in [3.8, 4) is 23.0 Å². The van der Waals surface area contributed by atoms with Gasteiger partial charge in [0.25, 0.3) is 0 Å². The van der Waals surface area contributed by atoms with Gasteiger partial charge in [-0.2, -0.15) is 0 Å². The van der Waals surface area contributed by atoms with Crippen molar-refractivity contribution in [1.82, 2.24) is 0 Å². The molecule has 5 N–H and O–H groups in total. The molecule has 0 amide bonds. The molecule has 1 fully saturated rings. The minimum Gasteiger partial charge on any atom is -0.507 e. The number of aliphatic hydroxyl groups excluding tert-OH is 4. The lowest BCUT2D eigenvalue weighted by Gasteiger charge is -2.39. The molecule has 2 heterocycles. The van der Waals surface area contributed by atoms with E-state index in [9.17, 15) is 25.5 Å². The second kappa shape index (κ2) is 7.82. The standard InChI is InChI=1S/C20H22O10/c1-26-11-6-8-13-9(22)4-3-5-10(13)28-17(8)19(27-2)18(11)30-20-16(25)15(24)14(23)12(7-21)29-20/h3-6,12,14-16,20-25H,7H2,1-2H3. The van der Waals surface area contributed by atoms with Crippen molar-refractivity contribution >= 4 is 21.9 Å². The number of furan rings is 1. The SMILES string of the molecule is COc1cc2c(oc3cccc(O)c32)c(OC)c1OC1OC(CO)C(O)C(O)C1O. The van der Waals surface area contributed by atoms with Crippen LogP contribution < -0.4 is 14.2 Å². The number of aliphatic hydroxyl groups is 4. The minimum absolute atomic E-state index is 0.00961. The van der Waals surface area contributed by atoms with Crippen molar-refractivity contribution in [2.24, 2.45) is 0 Å². The number of aromatic hydroxyl groups is 1. The summed E-state index contributed by atoms with van der Waals surface area (Å²) in [6, 6.07) is 6.41. The quantitative estimate of drug-likeness (QED) is 0.393. The summed E-state index contributed by atoms with van der Waals surface area (Å²) in [5, 5.41) is 50.9. The van der Waals surface area contributed by atoms with Gasteiger partial charge in [0.1, 0.15) is 35.7 Å². The van der Waals surface area contributed by atoms with Crippen LogP contribution in [0.1, 0.15) is 0 Å². The summed E-state index contributed by atoms with van der Waals surface area (Å²) in [4.78, 5) is 0. The van der Waals surface area contributed by atoms with Gasteiger partial charge >= 0.3 is 0 Å². The molecular formula is C20H22O10. The summed E-state index contributed by atoms with van der Waals surface area (Å²) < 4.78 is 27.9. The zero-order chi connectivity index (χ0) is 21.6. The van der Waals surface area contributed by atoms with Crippen molar-refractivity contribution in [2.45, 2.75) is 30.7 Å². The van der Waals surface area contributed by atoms with Crippen LogP contribution in [0.15, 0.2) is 28.7 Å². The maximum atomic E-state index is 10.3. The number of hydrogen-bond donors (Lipinski definition) is 5. The zero-order valence-electron chi connectivity index (χ0n) is 16.2. The van der Waals surface area contributed by atoms with Crippen molar-refractivity contribution in [3.05, 3.63) is 24.3 Å². The molecule has 162 valence electrons. The van der Waals surface area contributed by atoms with Gasteiger partial charge < -0.3 is 48.9 Å². The van der Waals surface area contributed by atoms with Crippen LogP contribution in [-0.4, -0.2) is 77.1 Å². The lowest BCUT2D eigenvalue weighted by atomic mass is 9.99. The second-order valence-corrected chi connectivity index (χ2v) is 6.89. The highest BCUT2D eigenvalue weighted by Crippen LogP contribution is 2.49. The Hall–Kier alpha value is -2.76. The molecule has 1 aliphatic heterocycles. The molecule has 10 heteroatoms. The summed E-state index contributed by atoms with van der Waals surface area (Å²) in [6.07, 6.45) is -7.33. The Morgan fingerprint density at radius 1 is 1.00 bits per heavy atom. The van der Waals surface area contributed by atoms with E-state index < -0.39 is 37.3 Å². The van der Waals surface area contributed by atoms with E-state index in [2.05, 4.69) is 0 Å². The predicted octanol–water partition coefficient (Wildman–Crippen LogP) is 0.487. The number of fused-ring (bicyclic) bond motifs is 3. The van der Waals surface area contributed by atoms with Crippen molar-refractivity contribution in [1.29, 1.82) is 0 Å². The third-order valence-corrected chi connectivity index (χ3v) is 5.15. The largest absolute Gasteiger partial charge is 0.507 e. The van der Waals surface area contributed by atoms with E-state index in [0.717, 1.165) is 0 Å². The Morgan fingerprint density at radius 2 is 1.77 bits per heavy atom. The van der Waals surface area contributed by atoms with Gasteiger partial charge in [-0.1, -0.05) is 6.07 Å². The first-order chi connectivity index (χ1) is 14.4. The van der Waals surface area contributed by atoms with Gasteiger partial charge in [0.15, 0.2) is 11.3 Å². The molecule has 4 rings (SSSR count). The Balaban J connectivity index is 1.84. The van der Waals surface area contributed by atoms with Crippen LogP contribution in [0, 0.1) is 0 Å². The first-order valence-corrected chi connectivity index (χ1v) is 9.17. The minimum atomic E-state index is -1.62. The van der Waals surface area contributed by atoms with Crippen LogP contribution in [0.3, 0.4) is 0 Å². The van der Waals surface area contributed by atoms with Crippen molar-refractivity contribution < 1.29 is 48.9 Å². The van der Waals surface area contributed by atoms with Gasteiger partial charge in [0, 0.05) is 5.39 Å². The van der Waals surface area contributed by atoms with Crippen LogP contribution in [0.2, 0.25) is 0 Å². The van der Waals surface area contributed by atoms with Crippen molar-refractivity contribution in [3.63, 3.8) is 0 Å². The van der Waals surface area contributed by atoms with E-state index in [-0.39, 0.29) is 28.6 Å². The van der Waals surface area contributed by atoms with E-state index in [1.807, 2.05) is 0 Å². The highest BCUT2D eigenvalue weighted by Gasteiger charge is 2.45. The molecule has 1 aromatic heterocycles. The number of phenols is 1. The zero-order valence-corrected chi connectivity index (χ0v) is 16.2. The van der Waals surface area contributed by atoms with Gasteiger partial charge in [0.05, 0.1) is 26.2 Å². The number of rotatable bonds is 5. The summed E-state index contributed by atoms with van der Waals surface area (Å²) in [6.45, 7) is -0.596. The van der Waals surface area contributed by atoms with Gasteiger partial charge in [-0.3, -0.25) is 0 Å². The van der Waals surface area contributed by atoms with Crippen LogP contribution in [-0.2, 0) is 4.74 Å². The average Bonchev–Trinajstić information content (AvgIpc) is 3.12. The molecule has 5 atom stereocenters. The maximum absolute atomic E-state index is 10.3. The smallest absolute Gasteiger partial charge is 0.229 e. The first kappa shape index (κ1) is 20.5. The fourth-order valence-electron chi connectivity index (χ4n) is 3.60.